The van der Waals surface area contributed by atoms with Crippen LogP contribution in [0.1, 0.15) is 38.5 Å². The third kappa shape index (κ3) is 3.69. The van der Waals surface area contributed by atoms with Crippen molar-refractivity contribution in [2.75, 3.05) is 26.7 Å². The van der Waals surface area contributed by atoms with Gasteiger partial charge in [-0.15, -0.1) is 0 Å². The standard InChI is InChI=1S/C14H26N2O2/c1-18-14(17)12-7-13(15)10-16(9-12)8-11-5-3-2-4-6-11/h11-13H,2-10,15H2,1H3. The maximum Gasteiger partial charge on any atom is 0.310 e. The first-order chi connectivity index (χ1) is 8.69. The molecule has 0 radical (unpaired) electrons. The molecule has 1 saturated heterocycles. The van der Waals surface area contributed by atoms with Gasteiger partial charge in [-0.1, -0.05) is 19.3 Å². The largest absolute Gasteiger partial charge is 0.469 e. The van der Waals surface area contributed by atoms with Crippen molar-refractivity contribution >= 4 is 5.97 Å². The second-order valence-corrected chi connectivity index (χ2v) is 5.94. The molecule has 2 rings (SSSR count). The molecule has 4 nitrogen and oxygen atoms in total. The topological polar surface area (TPSA) is 55.6 Å². The summed E-state index contributed by atoms with van der Waals surface area (Å²) in [6.07, 6.45) is 7.58. The molecule has 0 amide bonds. The Morgan fingerprint density at radius 3 is 2.67 bits per heavy atom. The van der Waals surface area contributed by atoms with E-state index in [2.05, 4.69) is 4.90 Å². The van der Waals surface area contributed by atoms with Crippen molar-refractivity contribution in [2.24, 2.45) is 17.6 Å². The van der Waals surface area contributed by atoms with Crippen LogP contribution in [0, 0.1) is 11.8 Å². The van der Waals surface area contributed by atoms with Gasteiger partial charge < -0.3 is 15.4 Å². The Morgan fingerprint density at radius 2 is 2.00 bits per heavy atom. The van der Waals surface area contributed by atoms with Crippen molar-refractivity contribution in [2.45, 2.75) is 44.6 Å². The molecule has 1 heterocycles. The maximum absolute atomic E-state index is 11.6. The zero-order chi connectivity index (χ0) is 13.0. The predicted molar refractivity (Wildman–Crippen MR) is 71.1 cm³/mol. The van der Waals surface area contributed by atoms with Crippen molar-refractivity contribution in [3.05, 3.63) is 0 Å². The number of carbonyl (C=O) groups is 1. The van der Waals surface area contributed by atoms with Crippen molar-refractivity contribution in [1.29, 1.82) is 0 Å². The number of piperidine rings is 1. The van der Waals surface area contributed by atoms with E-state index in [1.807, 2.05) is 0 Å². The van der Waals surface area contributed by atoms with Crippen LogP contribution in [-0.4, -0.2) is 43.7 Å². The van der Waals surface area contributed by atoms with Crippen molar-refractivity contribution in [1.82, 2.24) is 4.90 Å². The fraction of sp³-hybridized carbons (Fsp3) is 0.929. The van der Waals surface area contributed by atoms with Crippen molar-refractivity contribution in [3.63, 3.8) is 0 Å². The van der Waals surface area contributed by atoms with Crippen LogP contribution in [0.15, 0.2) is 0 Å². The summed E-state index contributed by atoms with van der Waals surface area (Å²) in [5, 5.41) is 0. The first-order valence-corrected chi connectivity index (χ1v) is 7.24. The number of hydrogen-bond donors (Lipinski definition) is 1. The average Bonchev–Trinajstić information content (AvgIpc) is 2.38. The van der Waals surface area contributed by atoms with Crippen LogP contribution in [-0.2, 0) is 9.53 Å². The Morgan fingerprint density at radius 1 is 1.28 bits per heavy atom. The summed E-state index contributed by atoms with van der Waals surface area (Å²) < 4.78 is 4.86. The van der Waals surface area contributed by atoms with Gasteiger partial charge in [0, 0.05) is 25.7 Å². The second-order valence-electron chi connectivity index (χ2n) is 5.94. The first kappa shape index (κ1) is 13.8. The highest BCUT2D eigenvalue weighted by atomic mass is 16.5. The molecule has 18 heavy (non-hydrogen) atoms. The lowest BCUT2D eigenvalue weighted by molar-refractivity contribution is -0.147. The molecule has 2 N–H and O–H groups in total. The number of methoxy groups -OCH3 is 1. The van der Waals surface area contributed by atoms with E-state index >= 15 is 0 Å². The van der Waals surface area contributed by atoms with Gasteiger partial charge in [-0.05, 0) is 25.2 Å². The van der Waals surface area contributed by atoms with Gasteiger partial charge in [-0.2, -0.15) is 0 Å². The van der Waals surface area contributed by atoms with Gasteiger partial charge in [0.1, 0.15) is 0 Å². The molecule has 1 aliphatic carbocycles. The third-order valence-electron chi connectivity index (χ3n) is 4.33. The molecule has 0 aromatic carbocycles. The number of hydrogen-bond acceptors (Lipinski definition) is 4. The molecule has 0 aromatic heterocycles. The fourth-order valence-electron chi connectivity index (χ4n) is 3.45. The molecule has 0 aromatic rings. The highest BCUT2D eigenvalue weighted by molar-refractivity contribution is 5.72. The van der Waals surface area contributed by atoms with E-state index in [0.717, 1.165) is 32.0 Å². The van der Waals surface area contributed by atoms with Gasteiger partial charge in [0.2, 0.25) is 0 Å². The molecule has 104 valence electrons. The lowest BCUT2D eigenvalue weighted by atomic mass is 9.87. The number of nitrogens with zero attached hydrogens (tertiary/aromatic N) is 1. The Labute approximate surface area is 110 Å². The van der Waals surface area contributed by atoms with Gasteiger partial charge in [0.25, 0.3) is 0 Å². The molecular formula is C14H26N2O2. The molecule has 2 aliphatic rings. The Hall–Kier alpha value is -0.610. The molecule has 0 spiro atoms. The van der Waals surface area contributed by atoms with E-state index in [-0.39, 0.29) is 17.9 Å². The molecule has 1 aliphatic heterocycles. The summed E-state index contributed by atoms with van der Waals surface area (Å²) in [5.41, 5.74) is 6.06. The summed E-state index contributed by atoms with van der Waals surface area (Å²) in [5.74, 6) is 0.684. The summed E-state index contributed by atoms with van der Waals surface area (Å²) >= 11 is 0. The van der Waals surface area contributed by atoms with E-state index in [9.17, 15) is 4.79 Å². The SMILES string of the molecule is COC(=O)C1CC(N)CN(CC2CCCCC2)C1. The number of ether oxygens (including phenoxy) is 1. The van der Waals surface area contributed by atoms with Gasteiger partial charge >= 0.3 is 5.97 Å². The van der Waals surface area contributed by atoms with Crippen LogP contribution < -0.4 is 5.73 Å². The number of esters is 1. The van der Waals surface area contributed by atoms with Gasteiger partial charge in [-0.3, -0.25) is 4.79 Å². The molecule has 2 atom stereocenters. The minimum absolute atomic E-state index is 0.0256. The van der Waals surface area contributed by atoms with Crippen LogP contribution in [0.5, 0.6) is 0 Å². The number of rotatable bonds is 3. The van der Waals surface area contributed by atoms with Gasteiger partial charge in [-0.25, -0.2) is 0 Å². The normalized spacial score (nSPS) is 31.2. The minimum atomic E-state index is -0.0983. The van der Waals surface area contributed by atoms with E-state index in [4.69, 9.17) is 10.5 Å². The number of carbonyl (C=O) groups excluding carboxylic acids is 1. The molecule has 4 heteroatoms. The van der Waals surface area contributed by atoms with Gasteiger partial charge in [0.15, 0.2) is 0 Å². The van der Waals surface area contributed by atoms with Crippen LogP contribution in [0.25, 0.3) is 0 Å². The predicted octanol–water partition coefficient (Wildman–Crippen LogP) is 1.39. The monoisotopic (exact) mass is 254 g/mol. The molecule has 1 saturated carbocycles. The summed E-state index contributed by atoms with van der Waals surface area (Å²) in [6, 6.07) is 0.117. The number of likely N-dealkylation sites (tertiary alicyclic amines) is 1. The quantitative estimate of drug-likeness (QED) is 0.773. The lowest BCUT2D eigenvalue weighted by Gasteiger charge is -2.37. The summed E-state index contributed by atoms with van der Waals surface area (Å²) in [6.45, 7) is 2.88. The van der Waals surface area contributed by atoms with Crippen molar-refractivity contribution in [3.8, 4) is 0 Å². The second kappa shape index (κ2) is 6.53. The van der Waals surface area contributed by atoms with E-state index in [1.54, 1.807) is 0 Å². The van der Waals surface area contributed by atoms with Crippen LogP contribution in [0.2, 0.25) is 0 Å². The van der Waals surface area contributed by atoms with E-state index in [0.29, 0.717) is 0 Å². The van der Waals surface area contributed by atoms with Gasteiger partial charge in [0.05, 0.1) is 13.0 Å². The Kier molecular flexibility index (Phi) is 5.01. The van der Waals surface area contributed by atoms with Crippen LogP contribution in [0.4, 0.5) is 0 Å². The first-order valence-electron chi connectivity index (χ1n) is 7.24. The highest BCUT2D eigenvalue weighted by Gasteiger charge is 2.31. The summed E-state index contributed by atoms with van der Waals surface area (Å²) in [7, 11) is 1.47. The van der Waals surface area contributed by atoms with E-state index < -0.39 is 0 Å². The molecule has 2 fully saturated rings. The Bertz CT molecular complexity index is 277. The third-order valence-corrected chi connectivity index (χ3v) is 4.33. The van der Waals surface area contributed by atoms with Crippen LogP contribution in [0.3, 0.4) is 0 Å². The average molecular weight is 254 g/mol. The maximum atomic E-state index is 11.6. The zero-order valence-electron chi connectivity index (χ0n) is 11.4. The molecule has 2 unspecified atom stereocenters. The Balaban J connectivity index is 1.85. The van der Waals surface area contributed by atoms with E-state index in [1.165, 1.54) is 39.2 Å². The summed E-state index contributed by atoms with van der Waals surface area (Å²) in [4.78, 5) is 14.0. The molecule has 0 bridgehead atoms. The highest BCUT2D eigenvalue weighted by Crippen LogP contribution is 2.26. The fourth-order valence-corrected chi connectivity index (χ4v) is 3.45. The number of nitrogens with two attached hydrogens (primary N) is 1. The van der Waals surface area contributed by atoms with Crippen molar-refractivity contribution < 1.29 is 9.53 Å². The smallest absolute Gasteiger partial charge is 0.310 e. The van der Waals surface area contributed by atoms with Crippen LogP contribution >= 0.6 is 0 Å². The minimum Gasteiger partial charge on any atom is -0.469 e. The molecular weight excluding hydrogens is 228 g/mol. The zero-order valence-corrected chi connectivity index (χ0v) is 11.4. The lowest BCUT2D eigenvalue weighted by Crippen LogP contribution is -2.50.